The highest BCUT2D eigenvalue weighted by molar-refractivity contribution is 5.77. The topological polar surface area (TPSA) is 55.8 Å². The third kappa shape index (κ3) is 3.46. The van der Waals surface area contributed by atoms with Gasteiger partial charge in [0, 0.05) is 6.61 Å². The number of carboxylic acids is 1. The van der Waals surface area contributed by atoms with Crippen LogP contribution < -0.4 is 0 Å². The molecule has 1 N–H and O–H groups in total. The largest absolute Gasteiger partial charge is 0.479 e. The highest BCUT2D eigenvalue weighted by Gasteiger charge is 2.42. The van der Waals surface area contributed by atoms with Crippen molar-refractivity contribution in [3.8, 4) is 0 Å². The zero-order valence-electron chi connectivity index (χ0n) is 10.2. The summed E-state index contributed by atoms with van der Waals surface area (Å²) in [5.74, 6) is -0.396. The molecular weight excluding hydrogens is 208 g/mol. The molecule has 0 aliphatic heterocycles. The first kappa shape index (κ1) is 13.5. The first-order valence-corrected chi connectivity index (χ1v) is 6.06. The fraction of sp³-hybridized carbons (Fsp3) is 0.917. The zero-order chi connectivity index (χ0) is 12.0. The molecule has 1 aliphatic rings. The van der Waals surface area contributed by atoms with E-state index in [1.165, 1.54) is 0 Å². The summed E-state index contributed by atoms with van der Waals surface area (Å²) in [5.41, 5.74) is -0.964. The van der Waals surface area contributed by atoms with Crippen molar-refractivity contribution in [2.75, 3.05) is 19.8 Å². The molecule has 16 heavy (non-hydrogen) atoms. The minimum Gasteiger partial charge on any atom is -0.479 e. The van der Waals surface area contributed by atoms with Crippen LogP contribution in [0.2, 0.25) is 0 Å². The Kier molecular flexibility index (Phi) is 5.22. The number of rotatable bonds is 6. The lowest BCUT2D eigenvalue weighted by Crippen LogP contribution is -2.46. The van der Waals surface area contributed by atoms with Crippen molar-refractivity contribution in [2.24, 2.45) is 5.92 Å². The van der Waals surface area contributed by atoms with Gasteiger partial charge in [-0.05, 0) is 32.1 Å². The predicted octanol–water partition coefficient (Wildman–Crippen LogP) is 2.07. The van der Waals surface area contributed by atoms with Gasteiger partial charge in [-0.3, -0.25) is 0 Å². The van der Waals surface area contributed by atoms with Crippen molar-refractivity contribution >= 4 is 5.97 Å². The highest BCUT2D eigenvalue weighted by Crippen LogP contribution is 2.35. The normalized spacial score (nSPS) is 30.2. The Morgan fingerprint density at radius 1 is 1.50 bits per heavy atom. The van der Waals surface area contributed by atoms with E-state index in [4.69, 9.17) is 9.47 Å². The number of aliphatic carboxylic acids is 1. The summed E-state index contributed by atoms with van der Waals surface area (Å²) in [5, 5.41) is 9.30. The lowest BCUT2D eigenvalue weighted by Gasteiger charge is -2.36. The molecule has 0 spiro atoms. The van der Waals surface area contributed by atoms with Gasteiger partial charge in [-0.25, -0.2) is 4.79 Å². The van der Waals surface area contributed by atoms with Crippen LogP contribution in [0.25, 0.3) is 0 Å². The van der Waals surface area contributed by atoms with Gasteiger partial charge in [-0.15, -0.1) is 0 Å². The maximum absolute atomic E-state index is 11.3. The van der Waals surface area contributed by atoms with E-state index in [1.54, 1.807) is 0 Å². The number of hydrogen-bond donors (Lipinski definition) is 1. The summed E-state index contributed by atoms with van der Waals surface area (Å²) in [6.45, 7) is 5.48. The zero-order valence-corrected chi connectivity index (χ0v) is 10.2. The van der Waals surface area contributed by atoms with Gasteiger partial charge in [0.25, 0.3) is 0 Å². The smallest absolute Gasteiger partial charge is 0.335 e. The lowest BCUT2D eigenvalue weighted by atomic mass is 9.79. The maximum atomic E-state index is 11.3. The Morgan fingerprint density at radius 3 is 2.81 bits per heavy atom. The van der Waals surface area contributed by atoms with Gasteiger partial charge >= 0.3 is 5.97 Å². The molecule has 1 fully saturated rings. The van der Waals surface area contributed by atoms with E-state index in [0.717, 1.165) is 12.8 Å². The molecule has 2 unspecified atom stereocenters. The average Bonchev–Trinajstić information content (AvgIpc) is 2.24. The minimum atomic E-state index is -0.964. The lowest BCUT2D eigenvalue weighted by molar-refractivity contribution is -0.175. The second kappa shape index (κ2) is 6.21. The summed E-state index contributed by atoms with van der Waals surface area (Å²) < 4.78 is 10.7. The molecule has 0 saturated heterocycles. The van der Waals surface area contributed by atoms with Crippen molar-refractivity contribution < 1.29 is 19.4 Å². The second-order valence-corrected chi connectivity index (χ2v) is 4.55. The summed E-state index contributed by atoms with van der Waals surface area (Å²) in [6.07, 6.45) is 3.28. The van der Waals surface area contributed by atoms with E-state index in [9.17, 15) is 9.90 Å². The standard InChI is InChI=1S/C12H22O4/c1-3-15-7-8-16-12(11(13)14)6-4-5-10(2)9-12/h10H,3-9H2,1-2H3,(H,13,14). The molecule has 0 bridgehead atoms. The van der Waals surface area contributed by atoms with Crippen molar-refractivity contribution in [1.29, 1.82) is 0 Å². The molecular formula is C12H22O4. The van der Waals surface area contributed by atoms with Crippen LogP contribution in [0.15, 0.2) is 0 Å². The molecule has 0 radical (unpaired) electrons. The fourth-order valence-corrected chi connectivity index (χ4v) is 2.33. The summed E-state index contributed by atoms with van der Waals surface area (Å²) in [4.78, 5) is 11.3. The molecule has 1 aliphatic carbocycles. The van der Waals surface area contributed by atoms with E-state index >= 15 is 0 Å². The summed E-state index contributed by atoms with van der Waals surface area (Å²) >= 11 is 0. The minimum absolute atomic E-state index is 0.368. The molecule has 1 rings (SSSR count). The Balaban J connectivity index is 2.48. The van der Waals surface area contributed by atoms with Gasteiger partial charge < -0.3 is 14.6 Å². The molecule has 1 saturated carbocycles. The number of carbonyl (C=O) groups is 1. The molecule has 0 aromatic carbocycles. The van der Waals surface area contributed by atoms with E-state index in [-0.39, 0.29) is 0 Å². The van der Waals surface area contributed by atoms with Crippen molar-refractivity contribution in [3.05, 3.63) is 0 Å². The van der Waals surface area contributed by atoms with Gasteiger partial charge in [0.05, 0.1) is 13.2 Å². The van der Waals surface area contributed by atoms with Crippen molar-refractivity contribution in [1.82, 2.24) is 0 Å². The third-order valence-corrected chi connectivity index (χ3v) is 3.16. The van der Waals surface area contributed by atoms with Crippen LogP contribution in [0.5, 0.6) is 0 Å². The fourth-order valence-electron chi connectivity index (χ4n) is 2.33. The highest BCUT2D eigenvalue weighted by atomic mass is 16.6. The predicted molar refractivity (Wildman–Crippen MR) is 60.4 cm³/mol. The van der Waals surface area contributed by atoms with Crippen molar-refractivity contribution in [3.63, 3.8) is 0 Å². The summed E-state index contributed by atoms with van der Waals surface area (Å²) in [6, 6.07) is 0. The molecule has 0 heterocycles. The average molecular weight is 230 g/mol. The van der Waals surface area contributed by atoms with E-state index < -0.39 is 11.6 Å². The van der Waals surface area contributed by atoms with Gasteiger partial charge in [0.1, 0.15) is 0 Å². The van der Waals surface area contributed by atoms with Gasteiger partial charge in [0.15, 0.2) is 5.60 Å². The Morgan fingerprint density at radius 2 is 2.25 bits per heavy atom. The van der Waals surface area contributed by atoms with Crippen LogP contribution in [0, 0.1) is 5.92 Å². The molecule has 0 aromatic rings. The van der Waals surface area contributed by atoms with Crippen LogP contribution in [0.4, 0.5) is 0 Å². The number of carboxylic acid groups (broad SMARTS) is 1. The molecule has 4 nitrogen and oxygen atoms in total. The Labute approximate surface area is 96.9 Å². The van der Waals surface area contributed by atoms with Crippen LogP contribution in [-0.4, -0.2) is 36.5 Å². The molecule has 0 aromatic heterocycles. The van der Waals surface area contributed by atoms with Gasteiger partial charge in [-0.1, -0.05) is 13.3 Å². The first-order chi connectivity index (χ1) is 7.60. The van der Waals surface area contributed by atoms with E-state index in [1.807, 2.05) is 6.92 Å². The molecule has 94 valence electrons. The number of hydrogen-bond acceptors (Lipinski definition) is 3. The van der Waals surface area contributed by atoms with Crippen LogP contribution in [-0.2, 0) is 14.3 Å². The van der Waals surface area contributed by atoms with E-state index in [2.05, 4.69) is 6.92 Å². The van der Waals surface area contributed by atoms with Crippen LogP contribution in [0.3, 0.4) is 0 Å². The quantitative estimate of drug-likeness (QED) is 0.710. The molecule has 2 atom stereocenters. The Hall–Kier alpha value is -0.610. The SMILES string of the molecule is CCOCCOC1(C(=O)O)CCCC(C)C1. The van der Waals surface area contributed by atoms with Gasteiger partial charge in [0.2, 0.25) is 0 Å². The molecule has 4 heteroatoms. The monoisotopic (exact) mass is 230 g/mol. The summed E-state index contributed by atoms with van der Waals surface area (Å²) in [7, 11) is 0. The first-order valence-electron chi connectivity index (χ1n) is 6.06. The Bertz CT molecular complexity index is 229. The van der Waals surface area contributed by atoms with Crippen molar-refractivity contribution in [2.45, 2.75) is 45.1 Å². The van der Waals surface area contributed by atoms with Crippen LogP contribution >= 0.6 is 0 Å². The third-order valence-electron chi connectivity index (χ3n) is 3.16. The molecule has 0 amide bonds. The number of ether oxygens (including phenoxy) is 2. The maximum Gasteiger partial charge on any atom is 0.335 e. The van der Waals surface area contributed by atoms with E-state index in [0.29, 0.717) is 38.6 Å². The van der Waals surface area contributed by atoms with Gasteiger partial charge in [-0.2, -0.15) is 0 Å². The second-order valence-electron chi connectivity index (χ2n) is 4.55. The van der Waals surface area contributed by atoms with Crippen LogP contribution in [0.1, 0.15) is 39.5 Å².